The minimum atomic E-state index is -1.51. The lowest BCUT2D eigenvalue weighted by Crippen LogP contribution is -2.57. The molecule has 2 aliphatic heterocycles. The van der Waals surface area contributed by atoms with Gasteiger partial charge in [-0.25, -0.2) is 4.79 Å². The lowest BCUT2D eigenvalue weighted by Gasteiger charge is -2.31. The van der Waals surface area contributed by atoms with Crippen LogP contribution in [0.25, 0.3) is 10.9 Å². The molecule has 3 heterocycles. The number of carboxylic acids is 1. The number of nitrogens with two attached hydrogens (primary N) is 4. The summed E-state index contributed by atoms with van der Waals surface area (Å²) in [5.74, 6) is -11.3. The summed E-state index contributed by atoms with van der Waals surface area (Å²) in [4.78, 5) is 173. The van der Waals surface area contributed by atoms with Crippen molar-refractivity contribution in [2.75, 3.05) is 32.7 Å². The molecule has 28 nitrogen and oxygen atoms in total. The lowest BCUT2D eigenvalue weighted by atomic mass is 10.0. The van der Waals surface area contributed by atoms with E-state index in [4.69, 9.17) is 22.9 Å². The average Bonchev–Trinajstić information content (AvgIpc) is 4.15. The van der Waals surface area contributed by atoms with Crippen molar-refractivity contribution in [3.8, 4) is 0 Å². The number of carbonyl (C=O) groups excluding carboxylic acids is 12. The van der Waals surface area contributed by atoms with Gasteiger partial charge in [-0.05, 0) is 62.5 Å². The Morgan fingerprint density at radius 3 is 1.76 bits per heavy atom. The molecule has 2 fully saturated rings. The maximum atomic E-state index is 14.0. The van der Waals surface area contributed by atoms with Gasteiger partial charge in [0.05, 0.1) is 25.7 Å². The second-order valence-corrected chi connectivity index (χ2v) is 18.6. The normalized spacial score (nSPS) is 17.1. The third kappa shape index (κ3) is 18.1. The average molecular weight is 1050 g/mol. The predicted molar refractivity (Wildman–Crippen MR) is 264 cm³/mol. The lowest BCUT2D eigenvalue weighted by molar-refractivity contribution is -0.146. The van der Waals surface area contributed by atoms with Crippen molar-refractivity contribution in [1.29, 1.82) is 0 Å². The molecule has 4 rings (SSSR count). The standard InChI is InChI=1S/C47H68N14O14/c1-24(2)40(47(74)75)59-44(71)30(13-16-36(51)64)57-37(65)21-53-42(69)31(19-25-20-52-28-8-4-3-7-26(25)28)58-43(70)29(12-15-35(50)63)56-38(66)22-54-45(72)32-9-5-18-61(32)46(73)33-10-6-17-60(33)39(67)23-55-41(68)27(48)11-14-34(49)62/h3-4,7-8,20,24,27,29-33,40,52H,5-6,9-19,21-23,48H2,1-2H3,(H2,49,62)(H2,50,63)(H2,51,64)(H,53,69)(H,54,72)(H,55,68)(H,56,66)(H,57,65)(H,58,70)(H,59,71)(H,74,75)/t27-,29-,30-,31-,32-,33-,40-/m0/s1. The zero-order chi connectivity index (χ0) is 55.5. The molecule has 1 aromatic heterocycles. The van der Waals surface area contributed by atoms with Crippen LogP contribution in [0.15, 0.2) is 30.5 Å². The first-order chi connectivity index (χ1) is 35.5. The number of aromatic amines is 1. The Bertz CT molecular complexity index is 2480. The SMILES string of the molecule is CC(C)[C@H](NC(=O)[C@H](CCC(N)=O)NC(=O)CNC(=O)[C@H](Cc1c[nH]c2ccccc12)NC(=O)[C@H](CCC(N)=O)NC(=O)CNC(=O)[C@@H]1CCCN1C(=O)[C@@H]1CCCN1C(=O)CNC(=O)[C@@H](N)CCC(N)=O)C(=O)O. The number of rotatable bonds is 29. The van der Waals surface area contributed by atoms with Gasteiger partial charge in [0.1, 0.15) is 36.3 Å². The number of fused-ring (bicyclic) bond motifs is 1. The zero-order valence-electron chi connectivity index (χ0n) is 41.8. The van der Waals surface area contributed by atoms with Crippen molar-refractivity contribution in [2.24, 2.45) is 28.9 Å². The number of aliphatic carboxylic acids is 1. The first-order valence-corrected chi connectivity index (χ1v) is 24.5. The summed E-state index contributed by atoms with van der Waals surface area (Å²) in [5, 5.41) is 27.2. The van der Waals surface area contributed by atoms with Gasteiger partial charge >= 0.3 is 5.97 Å². The highest BCUT2D eigenvalue weighted by Crippen LogP contribution is 2.25. The Kier molecular flexibility index (Phi) is 22.4. The molecular formula is C47H68N14O14. The largest absolute Gasteiger partial charge is 0.480 e. The van der Waals surface area contributed by atoms with Crippen molar-refractivity contribution in [1.82, 2.24) is 52.0 Å². The van der Waals surface area contributed by atoms with Crippen LogP contribution in [0.5, 0.6) is 0 Å². The number of hydrogen-bond acceptors (Lipinski definition) is 14. The molecule has 7 atom stereocenters. The summed E-state index contributed by atoms with van der Waals surface area (Å²) in [5.41, 5.74) is 22.8. The number of aromatic nitrogens is 1. The van der Waals surface area contributed by atoms with E-state index in [1.54, 1.807) is 44.3 Å². The van der Waals surface area contributed by atoms with Gasteiger partial charge in [0.25, 0.3) is 0 Å². The Hall–Kier alpha value is -8.17. The highest BCUT2D eigenvalue weighted by atomic mass is 16.4. The summed E-state index contributed by atoms with van der Waals surface area (Å²) >= 11 is 0. The molecule has 1 aromatic carbocycles. The number of benzene rings is 1. The van der Waals surface area contributed by atoms with Crippen LogP contribution in [0.2, 0.25) is 0 Å². The molecule has 12 amide bonds. The van der Waals surface area contributed by atoms with Gasteiger partial charge in [0.2, 0.25) is 70.9 Å². The second-order valence-electron chi connectivity index (χ2n) is 18.6. The monoisotopic (exact) mass is 1050 g/mol. The van der Waals surface area contributed by atoms with E-state index in [0.29, 0.717) is 29.3 Å². The molecule has 2 aromatic rings. The number of nitrogens with one attached hydrogen (secondary N) is 8. The van der Waals surface area contributed by atoms with Crippen molar-refractivity contribution in [2.45, 2.75) is 127 Å². The maximum absolute atomic E-state index is 14.0. The van der Waals surface area contributed by atoms with Gasteiger partial charge < -0.3 is 80.0 Å². The molecule has 2 saturated heterocycles. The minimum Gasteiger partial charge on any atom is -0.480 e. The summed E-state index contributed by atoms with van der Waals surface area (Å²) in [6.45, 7) is 1.53. The topological polar surface area (TPSA) is 453 Å². The van der Waals surface area contributed by atoms with E-state index in [1.807, 2.05) is 0 Å². The smallest absolute Gasteiger partial charge is 0.326 e. The fourth-order valence-electron chi connectivity index (χ4n) is 8.59. The fourth-order valence-corrected chi connectivity index (χ4v) is 8.59. The first kappa shape index (κ1) is 59.4. The summed E-state index contributed by atoms with van der Waals surface area (Å²) in [7, 11) is 0. The second kappa shape index (κ2) is 28.3. The molecule has 0 spiro atoms. The summed E-state index contributed by atoms with van der Waals surface area (Å²) in [6.07, 6.45) is 1.23. The molecule has 0 radical (unpaired) electrons. The van der Waals surface area contributed by atoms with Crippen LogP contribution >= 0.6 is 0 Å². The highest BCUT2D eigenvalue weighted by molar-refractivity contribution is 5.98. The van der Waals surface area contributed by atoms with E-state index in [1.165, 1.54) is 9.80 Å². The van der Waals surface area contributed by atoms with Crippen LogP contribution in [0.3, 0.4) is 0 Å². The van der Waals surface area contributed by atoms with Crippen molar-refractivity contribution >= 4 is 87.8 Å². The van der Waals surface area contributed by atoms with E-state index in [-0.39, 0.29) is 64.5 Å². The van der Waals surface area contributed by atoms with Crippen LogP contribution in [0, 0.1) is 5.92 Å². The number of carboxylic acid groups (broad SMARTS) is 1. The number of H-pyrrole nitrogens is 1. The molecule has 0 saturated carbocycles. The van der Waals surface area contributed by atoms with Crippen LogP contribution in [0.1, 0.15) is 83.6 Å². The van der Waals surface area contributed by atoms with E-state index < -0.39 is 151 Å². The van der Waals surface area contributed by atoms with E-state index >= 15 is 0 Å². The molecule has 0 aliphatic carbocycles. The number of primary amides is 3. The molecule has 2 aliphatic rings. The number of nitrogens with zero attached hydrogens (tertiary/aromatic N) is 2. The van der Waals surface area contributed by atoms with E-state index in [2.05, 4.69) is 42.2 Å². The Labute approximate surface area is 430 Å². The van der Waals surface area contributed by atoms with Crippen molar-refractivity contribution < 1.29 is 67.4 Å². The highest BCUT2D eigenvalue weighted by Gasteiger charge is 2.42. The Morgan fingerprint density at radius 2 is 1.17 bits per heavy atom. The van der Waals surface area contributed by atoms with E-state index in [9.17, 15) is 67.4 Å². The van der Waals surface area contributed by atoms with Crippen LogP contribution in [-0.4, -0.2) is 172 Å². The van der Waals surface area contributed by atoms with Gasteiger partial charge in [0.15, 0.2) is 0 Å². The fraction of sp³-hybridized carbons (Fsp3) is 0.553. The summed E-state index contributed by atoms with van der Waals surface area (Å²) in [6, 6.07) is -1.76. The van der Waals surface area contributed by atoms with Gasteiger partial charge in [-0.3, -0.25) is 57.5 Å². The molecule has 17 N–H and O–H groups in total. The number of carbonyl (C=O) groups is 13. The van der Waals surface area contributed by atoms with Crippen molar-refractivity contribution in [3.63, 3.8) is 0 Å². The quantitative estimate of drug-likeness (QED) is 0.0362. The predicted octanol–water partition coefficient (Wildman–Crippen LogP) is -5.16. The number of amides is 12. The number of likely N-dealkylation sites (tertiary alicyclic amines) is 2. The van der Waals surface area contributed by atoms with Crippen LogP contribution < -0.4 is 60.2 Å². The molecule has 28 heteroatoms. The molecule has 0 bridgehead atoms. The minimum absolute atomic E-state index is 0.0263. The van der Waals surface area contributed by atoms with Crippen LogP contribution in [-0.2, 0) is 68.7 Å². The van der Waals surface area contributed by atoms with Gasteiger partial charge in [-0.15, -0.1) is 0 Å². The van der Waals surface area contributed by atoms with E-state index in [0.717, 1.165) is 0 Å². The summed E-state index contributed by atoms with van der Waals surface area (Å²) < 4.78 is 0. The van der Waals surface area contributed by atoms with Gasteiger partial charge in [0, 0.05) is 55.9 Å². The van der Waals surface area contributed by atoms with Crippen molar-refractivity contribution in [3.05, 3.63) is 36.0 Å². The molecule has 75 heavy (non-hydrogen) atoms. The Balaban J connectivity index is 1.42. The third-order valence-electron chi connectivity index (χ3n) is 12.6. The molecule has 0 unspecified atom stereocenters. The van der Waals surface area contributed by atoms with Gasteiger partial charge in [-0.1, -0.05) is 32.0 Å². The van der Waals surface area contributed by atoms with Crippen LogP contribution in [0.4, 0.5) is 0 Å². The zero-order valence-corrected chi connectivity index (χ0v) is 41.8. The molecular weight excluding hydrogens is 985 g/mol. The third-order valence-corrected chi connectivity index (χ3v) is 12.6. The maximum Gasteiger partial charge on any atom is 0.326 e. The number of hydrogen-bond donors (Lipinski definition) is 13. The molecule has 410 valence electrons. The first-order valence-electron chi connectivity index (χ1n) is 24.5. The van der Waals surface area contributed by atoms with Gasteiger partial charge in [-0.2, -0.15) is 0 Å². The number of para-hydroxylation sites is 1. The Morgan fingerprint density at radius 1 is 0.640 bits per heavy atom.